The SMILES string of the molecule is O=C(C[C@H]1NC(=O)c2ccccc21)Nc1cccc(Cl)c1. The highest BCUT2D eigenvalue weighted by atomic mass is 35.5. The quantitative estimate of drug-likeness (QED) is 0.915. The van der Waals surface area contributed by atoms with Gasteiger partial charge in [0.15, 0.2) is 0 Å². The maximum Gasteiger partial charge on any atom is 0.252 e. The van der Waals surface area contributed by atoms with E-state index in [1.807, 2.05) is 18.2 Å². The van der Waals surface area contributed by atoms with E-state index in [9.17, 15) is 9.59 Å². The predicted molar refractivity (Wildman–Crippen MR) is 81.3 cm³/mol. The average Bonchev–Trinajstić information content (AvgIpc) is 2.76. The van der Waals surface area contributed by atoms with E-state index in [0.717, 1.165) is 5.56 Å². The average molecular weight is 301 g/mol. The Morgan fingerprint density at radius 1 is 1.19 bits per heavy atom. The molecule has 106 valence electrons. The third-order valence-corrected chi connectivity index (χ3v) is 3.62. The van der Waals surface area contributed by atoms with Gasteiger partial charge in [-0.3, -0.25) is 9.59 Å². The molecule has 2 aromatic rings. The lowest BCUT2D eigenvalue weighted by atomic mass is 10.0. The van der Waals surface area contributed by atoms with E-state index >= 15 is 0 Å². The number of hydrogen-bond donors (Lipinski definition) is 2. The molecule has 1 heterocycles. The lowest BCUT2D eigenvalue weighted by Crippen LogP contribution is -2.24. The summed E-state index contributed by atoms with van der Waals surface area (Å²) in [4.78, 5) is 23.9. The highest BCUT2D eigenvalue weighted by molar-refractivity contribution is 6.30. The fourth-order valence-electron chi connectivity index (χ4n) is 2.45. The summed E-state index contributed by atoms with van der Waals surface area (Å²) in [5, 5.41) is 6.16. The summed E-state index contributed by atoms with van der Waals surface area (Å²) in [7, 11) is 0. The first kappa shape index (κ1) is 13.6. The second-order valence-corrected chi connectivity index (χ2v) is 5.31. The molecule has 21 heavy (non-hydrogen) atoms. The number of carbonyl (C=O) groups is 2. The molecule has 2 amide bonds. The highest BCUT2D eigenvalue weighted by Crippen LogP contribution is 2.27. The number of rotatable bonds is 3. The van der Waals surface area contributed by atoms with Gasteiger partial charge in [-0.25, -0.2) is 0 Å². The maximum absolute atomic E-state index is 12.1. The predicted octanol–water partition coefficient (Wildman–Crippen LogP) is 3.15. The Morgan fingerprint density at radius 3 is 2.81 bits per heavy atom. The van der Waals surface area contributed by atoms with Gasteiger partial charge in [0.2, 0.25) is 5.91 Å². The monoisotopic (exact) mass is 300 g/mol. The van der Waals surface area contributed by atoms with Crippen LogP contribution < -0.4 is 10.6 Å². The summed E-state index contributed by atoms with van der Waals surface area (Å²) in [6.45, 7) is 0. The van der Waals surface area contributed by atoms with Crippen LogP contribution in [0.5, 0.6) is 0 Å². The molecule has 0 radical (unpaired) electrons. The van der Waals surface area contributed by atoms with Gasteiger partial charge in [0.05, 0.1) is 12.5 Å². The van der Waals surface area contributed by atoms with Crippen LogP contribution in [0.3, 0.4) is 0 Å². The van der Waals surface area contributed by atoms with Gasteiger partial charge < -0.3 is 10.6 Å². The molecule has 0 saturated carbocycles. The van der Waals surface area contributed by atoms with Crippen molar-refractivity contribution in [3.05, 3.63) is 64.7 Å². The number of nitrogens with one attached hydrogen (secondary N) is 2. The largest absolute Gasteiger partial charge is 0.345 e. The number of amides is 2. The van der Waals surface area contributed by atoms with Gasteiger partial charge in [-0.05, 0) is 29.8 Å². The Kier molecular flexibility index (Phi) is 3.62. The van der Waals surface area contributed by atoms with Gasteiger partial charge in [-0.1, -0.05) is 35.9 Å². The van der Waals surface area contributed by atoms with Gasteiger partial charge in [0.25, 0.3) is 5.91 Å². The molecule has 0 spiro atoms. The Bertz CT molecular complexity index is 715. The summed E-state index contributed by atoms with van der Waals surface area (Å²) in [6.07, 6.45) is 0.190. The van der Waals surface area contributed by atoms with E-state index in [1.165, 1.54) is 0 Å². The van der Waals surface area contributed by atoms with Crippen LogP contribution in [0, 0.1) is 0 Å². The maximum atomic E-state index is 12.1. The van der Waals surface area contributed by atoms with Crippen molar-refractivity contribution in [3.63, 3.8) is 0 Å². The van der Waals surface area contributed by atoms with E-state index in [0.29, 0.717) is 16.3 Å². The van der Waals surface area contributed by atoms with Crippen molar-refractivity contribution in [1.82, 2.24) is 5.32 Å². The second-order valence-electron chi connectivity index (χ2n) is 4.88. The van der Waals surface area contributed by atoms with Crippen molar-refractivity contribution in [2.24, 2.45) is 0 Å². The van der Waals surface area contributed by atoms with Crippen LogP contribution in [0.4, 0.5) is 5.69 Å². The number of hydrogen-bond acceptors (Lipinski definition) is 2. The third kappa shape index (κ3) is 2.90. The molecular weight excluding hydrogens is 288 g/mol. The summed E-state index contributed by atoms with van der Waals surface area (Å²) in [5.74, 6) is -0.301. The molecule has 2 aromatic carbocycles. The van der Waals surface area contributed by atoms with E-state index < -0.39 is 0 Å². The second kappa shape index (κ2) is 5.58. The Balaban J connectivity index is 1.70. The van der Waals surface area contributed by atoms with E-state index in [-0.39, 0.29) is 24.3 Å². The molecule has 0 saturated heterocycles. The zero-order valence-electron chi connectivity index (χ0n) is 11.1. The number of anilines is 1. The van der Waals surface area contributed by atoms with E-state index in [2.05, 4.69) is 10.6 Å². The molecule has 0 unspecified atom stereocenters. The Labute approximate surface area is 127 Å². The van der Waals surface area contributed by atoms with E-state index in [4.69, 9.17) is 11.6 Å². The fourth-order valence-corrected chi connectivity index (χ4v) is 2.64. The first-order valence-corrected chi connectivity index (χ1v) is 6.96. The molecule has 3 rings (SSSR count). The molecule has 1 atom stereocenters. The topological polar surface area (TPSA) is 58.2 Å². The van der Waals surface area contributed by atoms with Crippen LogP contribution in [0.25, 0.3) is 0 Å². The summed E-state index contributed by atoms with van der Waals surface area (Å²) in [5.41, 5.74) is 2.15. The normalized spacial score (nSPS) is 16.2. The summed E-state index contributed by atoms with van der Waals surface area (Å²) >= 11 is 5.88. The van der Waals surface area contributed by atoms with Crippen LogP contribution in [0.15, 0.2) is 48.5 Å². The molecule has 0 aliphatic carbocycles. The lowest BCUT2D eigenvalue weighted by molar-refractivity contribution is -0.116. The van der Waals surface area contributed by atoms with Crippen LogP contribution in [0.2, 0.25) is 5.02 Å². The Morgan fingerprint density at radius 2 is 2.00 bits per heavy atom. The molecule has 4 nitrogen and oxygen atoms in total. The number of fused-ring (bicyclic) bond motifs is 1. The van der Waals surface area contributed by atoms with Crippen molar-refractivity contribution >= 4 is 29.1 Å². The first-order chi connectivity index (χ1) is 10.1. The summed E-state index contributed by atoms with van der Waals surface area (Å²) in [6, 6.07) is 14.0. The molecule has 1 aliphatic rings. The van der Waals surface area contributed by atoms with Gasteiger partial charge in [0.1, 0.15) is 0 Å². The number of carbonyl (C=O) groups excluding carboxylic acids is 2. The zero-order chi connectivity index (χ0) is 14.8. The van der Waals surface area contributed by atoms with Crippen LogP contribution in [-0.4, -0.2) is 11.8 Å². The number of halogens is 1. The molecule has 1 aliphatic heterocycles. The molecule has 0 fully saturated rings. The van der Waals surface area contributed by atoms with Gasteiger partial charge in [0, 0.05) is 16.3 Å². The summed E-state index contributed by atoms with van der Waals surface area (Å²) < 4.78 is 0. The number of benzene rings is 2. The molecule has 0 aromatic heterocycles. The van der Waals surface area contributed by atoms with Crippen molar-refractivity contribution in [1.29, 1.82) is 0 Å². The first-order valence-electron chi connectivity index (χ1n) is 6.59. The minimum absolute atomic E-state index is 0.133. The molecule has 0 bridgehead atoms. The molecule has 5 heteroatoms. The van der Waals surface area contributed by atoms with Gasteiger partial charge in [-0.2, -0.15) is 0 Å². The van der Waals surface area contributed by atoms with Gasteiger partial charge >= 0.3 is 0 Å². The van der Waals surface area contributed by atoms with Crippen LogP contribution in [-0.2, 0) is 4.79 Å². The molecular formula is C16H13ClN2O2. The van der Waals surface area contributed by atoms with Crippen molar-refractivity contribution < 1.29 is 9.59 Å². The van der Waals surface area contributed by atoms with Crippen molar-refractivity contribution in [2.45, 2.75) is 12.5 Å². The minimum Gasteiger partial charge on any atom is -0.345 e. The van der Waals surface area contributed by atoms with Crippen LogP contribution >= 0.6 is 11.6 Å². The fraction of sp³-hybridized carbons (Fsp3) is 0.125. The van der Waals surface area contributed by atoms with Crippen molar-refractivity contribution in [3.8, 4) is 0 Å². The lowest BCUT2D eigenvalue weighted by Gasteiger charge is -2.12. The minimum atomic E-state index is -0.284. The Hall–Kier alpha value is -2.33. The van der Waals surface area contributed by atoms with Crippen molar-refractivity contribution in [2.75, 3.05) is 5.32 Å². The van der Waals surface area contributed by atoms with Crippen LogP contribution in [0.1, 0.15) is 28.4 Å². The standard InChI is InChI=1S/C16H13ClN2O2/c17-10-4-3-5-11(8-10)18-15(20)9-14-12-6-1-2-7-13(12)16(21)19-14/h1-8,14H,9H2,(H,18,20)(H,19,21)/t14-/m1/s1. The molecule has 2 N–H and O–H groups in total. The zero-order valence-corrected chi connectivity index (χ0v) is 11.9. The van der Waals surface area contributed by atoms with E-state index in [1.54, 1.807) is 30.3 Å². The van der Waals surface area contributed by atoms with Gasteiger partial charge in [-0.15, -0.1) is 0 Å². The smallest absolute Gasteiger partial charge is 0.252 e. The highest BCUT2D eigenvalue weighted by Gasteiger charge is 2.29. The third-order valence-electron chi connectivity index (χ3n) is 3.38.